The number of carbonyl (C=O) groups is 1. The van der Waals surface area contributed by atoms with E-state index in [4.69, 9.17) is 0 Å². The first-order valence-electron chi connectivity index (χ1n) is 7.50. The van der Waals surface area contributed by atoms with Crippen LogP contribution in [-0.4, -0.2) is 23.7 Å². The van der Waals surface area contributed by atoms with Gasteiger partial charge in [0.15, 0.2) is 6.61 Å². The second-order valence-electron chi connectivity index (χ2n) is 5.55. The standard InChI is InChI=1S/C17H15F3N2O2/c18-17(19,20)10-24-16-14(5-2-8-21-16)15(23)22-13-7-6-11-3-1-4-12(11)9-13/h2,5-9H,1,3-4,10H2,(H,22,23). The first-order chi connectivity index (χ1) is 11.4. The molecule has 24 heavy (non-hydrogen) atoms. The molecule has 0 unspecified atom stereocenters. The van der Waals surface area contributed by atoms with Gasteiger partial charge in [-0.2, -0.15) is 13.2 Å². The van der Waals surface area contributed by atoms with Gasteiger partial charge in [-0.05, 0) is 54.7 Å². The highest BCUT2D eigenvalue weighted by Gasteiger charge is 2.29. The lowest BCUT2D eigenvalue weighted by Crippen LogP contribution is -2.22. The number of fused-ring (bicyclic) bond motifs is 1. The number of aromatic nitrogens is 1. The van der Waals surface area contributed by atoms with Crippen LogP contribution in [0.5, 0.6) is 5.88 Å². The van der Waals surface area contributed by atoms with E-state index in [2.05, 4.69) is 15.0 Å². The summed E-state index contributed by atoms with van der Waals surface area (Å²) >= 11 is 0. The summed E-state index contributed by atoms with van der Waals surface area (Å²) < 4.78 is 41.5. The zero-order valence-electron chi connectivity index (χ0n) is 12.7. The molecule has 0 radical (unpaired) electrons. The molecular formula is C17H15F3N2O2. The number of halogens is 3. The number of nitrogens with one attached hydrogen (secondary N) is 1. The molecule has 1 heterocycles. The van der Waals surface area contributed by atoms with Crippen molar-refractivity contribution in [1.29, 1.82) is 0 Å². The Morgan fingerprint density at radius 3 is 2.79 bits per heavy atom. The molecule has 0 saturated heterocycles. The quantitative estimate of drug-likeness (QED) is 0.925. The summed E-state index contributed by atoms with van der Waals surface area (Å²) in [5.41, 5.74) is 3.02. The monoisotopic (exact) mass is 336 g/mol. The number of carbonyl (C=O) groups excluding carboxylic acids is 1. The third-order valence-corrected chi connectivity index (χ3v) is 3.74. The normalized spacial score (nSPS) is 13.5. The Hall–Kier alpha value is -2.57. The maximum absolute atomic E-state index is 12.3. The predicted molar refractivity (Wildman–Crippen MR) is 82.2 cm³/mol. The van der Waals surface area contributed by atoms with Crippen LogP contribution >= 0.6 is 0 Å². The molecule has 0 bridgehead atoms. The first-order valence-corrected chi connectivity index (χ1v) is 7.50. The Morgan fingerprint density at radius 2 is 2.00 bits per heavy atom. The van der Waals surface area contributed by atoms with Crippen molar-refractivity contribution in [3.63, 3.8) is 0 Å². The predicted octanol–water partition coefficient (Wildman–Crippen LogP) is 3.76. The van der Waals surface area contributed by atoms with Gasteiger partial charge in [-0.1, -0.05) is 6.07 Å². The molecule has 0 fully saturated rings. The number of benzene rings is 1. The minimum atomic E-state index is -4.49. The Bertz CT molecular complexity index is 760. The van der Waals surface area contributed by atoms with Gasteiger partial charge >= 0.3 is 6.18 Å². The van der Waals surface area contributed by atoms with Gasteiger partial charge in [-0.3, -0.25) is 4.79 Å². The molecule has 1 N–H and O–H groups in total. The van der Waals surface area contributed by atoms with E-state index in [9.17, 15) is 18.0 Å². The maximum Gasteiger partial charge on any atom is 0.422 e. The number of amides is 1. The SMILES string of the molecule is O=C(Nc1ccc2c(c1)CCC2)c1cccnc1OCC(F)(F)F. The van der Waals surface area contributed by atoms with Crippen molar-refractivity contribution in [3.8, 4) is 5.88 Å². The van der Waals surface area contributed by atoms with Gasteiger partial charge in [0.2, 0.25) is 5.88 Å². The summed E-state index contributed by atoms with van der Waals surface area (Å²) in [6.45, 7) is -1.50. The Balaban J connectivity index is 1.75. The number of rotatable bonds is 4. The van der Waals surface area contributed by atoms with E-state index < -0.39 is 18.7 Å². The van der Waals surface area contributed by atoms with Gasteiger partial charge in [0.25, 0.3) is 5.91 Å². The number of alkyl halides is 3. The Morgan fingerprint density at radius 1 is 1.21 bits per heavy atom. The van der Waals surface area contributed by atoms with E-state index in [1.54, 1.807) is 6.07 Å². The fraction of sp³-hybridized carbons (Fsp3) is 0.294. The van der Waals surface area contributed by atoms with Crippen molar-refractivity contribution >= 4 is 11.6 Å². The number of nitrogens with zero attached hydrogens (tertiary/aromatic N) is 1. The van der Waals surface area contributed by atoms with Crippen molar-refractivity contribution in [2.45, 2.75) is 25.4 Å². The van der Waals surface area contributed by atoms with Gasteiger partial charge in [-0.15, -0.1) is 0 Å². The third kappa shape index (κ3) is 3.84. The lowest BCUT2D eigenvalue weighted by Gasteiger charge is -2.12. The second kappa shape index (κ2) is 6.51. The minimum Gasteiger partial charge on any atom is -0.467 e. The van der Waals surface area contributed by atoms with Crippen molar-refractivity contribution in [2.75, 3.05) is 11.9 Å². The van der Waals surface area contributed by atoms with E-state index >= 15 is 0 Å². The van der Waals surface area contributed by atoms with Gasteiger partial charge in [-0.25, -0.2) is 4.98 Å². The molecule has 0 saturated carbocycles. The smallest absolute Gasteiger partial charge is 0.422 e. The Kier molecular flexibility index (Phi) is 4.42. The van der Waals surface area contributed by atoms with Crippen LogP contribution in [0, 0.1) is 0 Å². The molecule has 2 aromatic rings. The molecule has 0 spiro atoms. The highest BCUT2D eigenvalue weighted by atomic mass is 19.4. The summed E-state index contributed by atoms with van der Waals surface area (Å²) in [6.07, 6.45) is -0.138. The summed E-state index contributed by atoms with van der Waals surface area (Å²) in [6, 6.07) is 8.49. The van der Waals surface area contributed by atoms with Crippen LogP contribution in [-0.2, 0) is 12.8 Å². The van der Waals surface area contributed by atoms with Crippen molar-refractivity contribution < 1.29 is 22.7 Å². The van der Waals surface area contributed by atoms with E-state index in [-0.39, 0.29) is 11.4 Å². The zero-order valence-corrected chi connectivity index (χ0v) is 12.7. The van der Waals surface area contributed by atoms with Crippen LogP contribution in [0.4, 0.5) is 18.9 Å². The Labute approximate surface area is 136 Å². The molecule has 0 aliphatic heterocycles. The van der Waals surface area contributed by atoms with Gasteiger partial charge in [0.1, 0.15) is 5.56 Å². The molecule has 0 atom stereocenters. The van der Waals surface area contributed by atoms with E-state index in [1.807, 2.05) is 12.1 Å². The average molecular weight is 336 g/mol. The molecule has 3 rings (SSSR count). The molecule has 1 aromatic heterocycles. The first kappa shape index (κ1) is 16.3. The minimum absolute atomic E-state index is 0.0396. The molecular weight excluding hydrogens is 321 g/mol. The van der Waals surface area contributed by atoms with Crippen molar-refractivity contribution in [3.05, 3.63) is 53.2 Å². The lowest BCUT2D eigenvalue weighted by atomic mass is 10.1. The molecule has 1 aliphatic carbocycles. The number of ether oxygens (including phenoxy) is 1. The largest absolute Gasteiger partial charge is 0.467 e. The number of hydrogen-bond donors (Lipinski definition) is 1. The van der Waals surface area contributed by atoms with Crippen LogP contribution in [0.2, 0.25) is 0 Å². The van der Waals surface area contributed by atoms with Crippen molar-refractivity contribution in [1.82, 2.24) is 4.98 Å². The van der Waals surface area contributed by atoms with Gasteiger partial charge in [0.05, 0.1) is 0 Å². The van der Waals surface area contributed by atoms with Crippen LogP contribution in [0.15, 0.2) is 36.5 Å². The number of aryl methyl sites for hydroxylation is 2. The van der Waals surface area contributed by atoms with Crippen LogP contribution in [0.1, 0.15) is 27.9 Å². The molecule has 1 amide bonds. The zero-order chi connectivity index (χ0) is 17.2. The maximum atomic E-state index is 12.3. The molecule has 1 aromatic carbocycles. The van der Waals surface area contributed by atoms with Crippen molar-refractivity contribution in [2.24, 2.45) is 0 Å². The van der Waals surface area contributed by atoms with Gasteiger partial charge < -0.3 is 10.1 Å². The van der Waals surface area contributed by atoms with E-state index in [0.717, 1.165) is 19.3 Å². The van der Waals surface area contributed by atoms with Crippen LogP contribution in [0.3, 0.4) is 0 Å². The second-order valence-corrected chi connectivity index (χ2v) is 5.55. The van der Waals surface area contributed by atoms with E-state index in [0.29, 0.717) is 5.69 Å². The molecule has 7 heteroatoms. The highest BCUT2D eigenvalue weighted by Crippen LogP contribution is 2.26. The lowest BCUT2D eigenvalue weighted by molar-refractivity contribution is -0.154. The fourth-order valence-electron chi connectivity index (χ4n) is 2.68. The topological polar surface area (TPSA) is 51.2 Å². The summed E-state index contributed by atoms with van der Waals surface area (Å²) in [5.74, 6) is -0.897. The summed E-state index contributed by atoms with van der Waals surface area (Å²) in [4.78, 5) is 16.1. The molecule has 1 aliphatic rings. The van der Waals surface area contributed by atoms with E-state index in [1.165, 1.54) is 29.5 Å². The summed E-state index contributed by atoms with van der Waals surface area (Å²) in [5, 5.41) is 2.69. The number of pyridine rings is 1. The fourth-order valence-corrected chi connectivity index (χ4v) is 2.68. The summed E-state index contributed by atoms with van der Waals surface area (Å²) in [7, 11) is 0. The average Bonchev–Trinajstić information content (AvgIpc) is 3.00. The highest BCUT2D eigenvalue weighted by molar-refractivity contribution is 6.05. The van der Waals surface area contributed by atoms with Crippen LogP contribution in [0.25, 0.3) is 0 Å². The van der Waals surface area contributed by atoms with Crippen LogP contribution < -0.4 is 10.1 Å². The number of anilines is 1. The molecule has 126 valence electrons. The number of hydrogen-bond acceptors (Lipinski definition) is 3. The van der Waals surface area contributed by atoms with Gasteiger partial charge in [0, 0.05) is 11.9 Å². The third-order valence-electron chi connectivity index (χ3n) is 3.74. The molecule has 4 nitrogen and oxygen atoms in total.